The summed E-state index contributed by atoms with van der Waals surface area (Å²) in [5.41, 5.74) is 1.21. The third-order valence-corrected chi connectivity index (χ3v) is 4.55. The van der Waals surface area contributed by atoms with Crippen LogP contribution in [0.2, 0.25) is 0 Å². The van der Waals surface area contributed by atoms with E-state index in [-0.39, 0.29) is 29.3 Å². The molecule has 0 spiro atoms. The van der Waals surface area contributed by atoms with Crippen LogP contribution < -0.4 is 5.32 Å². The van der Waals surface area contributed by atoms with Crippen molar-refractivity contribution in [3.8, 4) is 0 Å². The maximum Gasteiger partial charge on any atom is 0.335 e. The van der Waals surface area contributed by atoms with E-state index in [1.54, 1.807) is 24.3 Å². The van der Waals surface area contributed by atoms with E-state index in [9.17, 15) is 14.4 Å². The van der Waals surface area contributed by atoms with Crippen LogP contribution in [0.1, 0.15) is 49.0 Å². The van der Waals surface area contributed by atoms with Crippen LogP contribution in [0.25, 0.3) is 0 Å². The largest absolute Gasteiger partial charge is 0.478 e. The van der Waals surface area contributed by atoms with Gasteiger partial charge in [0.15, 0.2) is 0 Å². The minimum absolute atomic E-state index is 0.0211. The lowest BCUT2D eigenvalue weighted by atomic mass is 10.0. The van der Waals surface area contributed by atoms with E-state index < -0.39 is 5.97 Å². The number of hydrogen-bond donors (Lipinski definition) is 2. The fraction of sp³-hybridized carbons (Fsp3) is 0.526. The lowest BCUT2D eigenvalue weighted by molar-refractivity contribution is -0.132. The summed E-state index contributed by atoms with van der Waals surface area (Å²) in [5.74, 6) is -0.798. The number of amides is 2. The quantitative estimate of drug-likeness (QED) is 0.826. The van der Waals surface area contributed by atoms with Gasteiger partial charge in [-0.3, -0.25) is 9.59 Å². The Balaban J connectivity index is 1.75. The molecule has 1 aromatic carbocycles. The van der Waals surface area contributed by atoms with Gasteiger partial charge >= 0.3 is 5.97 Å². The monoisotopic (exact) mass is 346 g/mol. The molecule has 1 aliphatic rings. The number of carbonyl (C=O) groups is 3. The summed E-state index contributed by atoms with van der Waals surface area (Å²) in [6, 6.07) is 6.78. The lowest BCUT2D eigenvalue weighted by Gasteiger charge is -2.32. The van der Waals surface area contributed by atoms with Gasteiger partial charge in [-0.2, -0.15) is 0 Å². The van der Waals surface area contributed by atoms with Crippen LogP contribution in [0.3, 0.4) is 0 Å². The second-order valence-electron chi connectivity index (χ2n) is 6.82. The summed E-state index contributed by atoms with van der Waals surface area (Å²) in [6.45, 7) is 5.08. The Morgan fingerprint density at radius 2 is 1.76 bits per heavy atom. The van der Waals surface area contributed by atoms with Crippen molar-refractivity contribution in [1.82, 2.24) is 10.2 Å². The molecular formula is C19H26N2O4. The van der Waals surface area contributed by atoms with Crippen LogP contribution >= 0.6 is 0 Å². The molecule has 1 saturated heterocycles. The Morgan fingerprint density at radius 1 is 1.16 bits per heavy atom. The van der Waals surface area contributed by atoms with Gasteiger partial charge in [0.25, 0.3) is 0 Å². The standard InChI is InChI=1S/C19H26N2O4/c1-13(2)18(23)20-16-9-11-21(12-10-16)17(22)8-5-14-3-6-15(7-4-14)19(24)25/h3-4,6-7,13,16H,5,8-12H2,1-2H3,(H,20,23)(H,24,25). The number of aryl methyl sites for hydroxylation is 1. The van der Waals surface area contributed by atoms with Crippen molar-refractivity contribution in [1.29, 1.82) is 0 Å². The fourth-order valence-corrected chi connectivity index (χ4v) is 2.86. The SMILES string of the molecule is CC(C)C(=O)NC1CCN(C(=O)CCc2ccc(C(=O)O)cc2)CC1. The maximum absolute atomic E-state index is 12.3. The van der Waals surface area contributed by atoms with Gasteiger partial charge in [0, 0.05) is 31.5 Å². The van der Waals surface area contributed by atoms with Crippen LogP contribution in [-0.2, 0) is 16.0 Å². The second kappa shape index (κ2) is 8.65. The number of hydrogen-bond acceptors (Lipinski definition) is 3. The number of carbonyl (C=O) groups excluding carboxylic acids is 2. The average molecular weight is 346 g/mol. The van der Waals surface area contributed by atoms with Crippen molar-refractivity contribution in [2.45, 2.75) is 45.6 Å². The zero-order chi connectivity index (χ0) is 18.4. The lowest BCUT2D eigenvalue weighted by Crippen LogP contribution is -2.47. The number of likely N-dealkylation sites (tertiary alicyclic amines) is 1. The first kappa shape index (κ1) is 19.0. The molecule has 0 bridgehead atoms. The van der Waals surface area contributed by atoms with E-state index in [4.69, 9.17) is 5.11 Å². The van der Waals surface area contributed by atoms with Gasteiger partial charge in [0.1, 0.15) is 0 Å². The highest BCUT2D eigenvalue weighted by Gasteiger charge is 2.24. The van der Waals surface area contributed by atoms with Crippen LogP contribution in [0.4, 0.5) is 0 Å². The number of piperidine rings is 1. The molecule has 6 nitrogen and oxygen atoms in total. The molecular weight excluding hydrogens is 320 g/mol. The van der Waals surface area contributed by atoms with Gasteiger partial charge in [0.05, 0.1) is 5.56 Å². The first-order valence-corrected chi connectivity index (χ1v) is 8.77. The third kappa shape index (κ3) is 5.59. The number of aromatic carboxylic acids is 1. The molecule has 0 radical (unpaired) electrons. The highest BCUT2D eigenvalue weighted by Crippen LogP contribution is 2.14. The van der Waals surface area contributed by atoms with Crippen LogP contribution in [-0.4, -0.2) is 46.9 Å². The van der Waals surface area contributed by atoms with Crippen LogP contribution in [0, 0.1) is 5.92 Å². The first-order valence-electron chi connectivity index (χ1n) is 8.77. The molecule has 0 aromatic heterocycles. The summed E-state index contributed by atoms with van der Waals surface area (Å²) in [5, 5.41) is 11.9. The van der Waals surface area contributed by atoms with Gasteiger partial charge in [-0.1, -0.05) is 26.0 Å². The molecule has 1 heterocycles. The van der Waals surface area contributed by atoms with Crippen molar-refractivity contribution in [3.05, 3.63) is 35.4 Å². The summed E-state index contributed by atoms with van der Waals surface area (Å²) >= 11 is 0. The van der Waals surface area contributed by atoms with Crippen molar-refractivity contribution in [2.75, 3.05) is 13.1 Å². The third-order valence-electron chi connectivity index (χ3n) is 4.55. The van der Waals surface area contributed by atoms with Crippen molar-refractivity contribution < 1.29 is 19.5 Å². The second-order valence-corrected chi connectivity index (χ2v) is 6.82. The fourth-order valence-electron chi connectivity index (χ4n) is 2.86. The smallest absolute Gasteiger partial charge is 0.335 e. The van der Waals surface area contributed by atoms with E-state index >= 15 is 0 Å². The molecule has 1 aliphatic heterocycles. The minimum atomic E-state index is -0.949. The van der Waals surface area contributed by atoms with E-state index in [2.05, 4.69) is 5.32 Å². The molecule has 0 saturated carbocycles. The molecule has 0 atom stereocenters. The first-order chi connectivity index (χ1) is 11.9. The number of carboxylic acid groups (broad SMARTS) is 1. The summed E-state index contributed by atoms with van der Waals surface area (Å²) in [4.78, 5) is 36.7. The summed E-state index contributed by atoms with van der Waals surface area (Å²) < 4.78 is 0. The van der Waals surface area contributed by atoms with Crippen molar-refractivity contribution in [3.63, 3.8) is 0 Å². The molecule has 1 fully saturated rings. The zero-order valence-corrected chi connectivity index (χ0v) is 14.8. The predicted octanol–water partition coefficient (Wildman–Crippen LogP) is 2.08. The van der Waals surface area contributed by atoms with Crippen LogP contribution in [0.5, 0.6) is 0 Å². The number of carboxylic acids is 1. The van der Waals surface area contributed by atoms with Gasteiger partial charge in [-0.05, 0) is 37.0 Å². The Labute approximate surface area is 148 Å². The van der Waals surface area contributed by atoms with Crippen LogP contribution in [0.15, 0.2) is 24.3 Å². The van der Waals surface area contributed by atoms with E-state index in [0.717, 1.165) is 18.4 Å². The molecule has 2 rings (SSSR count). The highest BCUT2D eigenvalue weighted by atomic mass is 16.4. The molecule has 0 unspecified atom stereocenters. The number of benzene rings is 1. The van der Waals surface area contributed by atoms with E-state index in [1.165, 1.54) is 0 Å². The molecule has 25 heavy (non-hydrogen) atoms. The van der Waals surface area contributed by atoms with E-state index in [1.807, 2.05) is 18.7 Å². The predicted molar refractivity (Wildman–Crippen MR) is 94.3 cm³/mol. The number of rotatable bonds is 6. The molecule has 6 heteroatoms. The number of nitrogens with zero attached hydrogens (tertiary/aromatic N) is 1. The van der Waals surface area contributed by atoms with Crippen molar-refractivity contribution in [2.24, 2.45) is 5.92 Å². The number of nitrogens with one attached hydrogen (secondary N) is 1. The zero-order valence-electron chi connectivity index (χ0n) is 14.8. The summed E-state index contributed by atoms with van der Waals surface area (Å²) in [6.07, 6.45) is 2.59. The van der Waals surface area contributed by atoms with E-state index in [0.29, 0.717) is 25.9 Å². The Bertz CT molecular complexity index is 617. The maximum atomic E-state index is 12.3. The molecule has 2 N–H and O–H groups in total. The van der Waals surface area contributed by atoms with Gasteiger partial charge in [-0.25, -0.2) is 4.79 Å². The van der Waals surface area contributed by atoms with Gasteiger partial charge in [-0.15, -0.1) is 0 Å². The Hall–Kier alpha value is -2.37. The summed E-state index contributed by atoms with van der Waals surface area (Å²) in [7, 11) is 0. The minimum Gasteiger partial charge on any atom is -0.478 e. The molecule has 2 amide bonds. The Morgan fingerprint density at radius 3 is 2.28 bits per heavy atom. The molecule has 1 aromatic rings. The van der Waals surface area contributed by atoms with Gasteiger partial charge in [0.2, 0.25) is 11.8 Å². The highest BCUT2D eigenvalue weighted by molar-refractivity contribution is 5.87. The topological polar surface area (TPSA) is 86.7 Å². The Kier molecular flexibility index (Phi) is 6.56. The van der Waals surface area contributed by atoms with Crippen molar-refractivity contribution >= 4 is 17.8 Å². The average Bonchev–Trinajstić information content (AvgIpc) is 2.60. The normalized spacial score (nSPS) is 15.2. The molecule has 0 aliphatic carbocycles. The molecule has 136 valence electrons. The van der Waals surface area contributed by atoms with Gasteiger partial charge < -0.3 is 15.3 Å².